The number of fused-ring (bicyclic) bond motifs is 5. The lowest BCUT2D eigenvalue weighted by Crippen LogP contribution is -2.44. The first kappa shape index (κ1) is 17.1. The lowest BCUT2D eigenvalue weighted by Gasteiger charge is -2.50. The number of aryl methyl sites for hydroxylation is 1. The van der Waals surface area contributed by atoms with Gasteiger partial charge in [-0.15, -0.1) is 0 Å². The number of rotatable bonds is 2. The predicted octanol–water partition coefficient (Wildman–Crippen LogP) is 3.28. The third-order valence-electron chi connectivity index (χ3n) is 6.84. The maximum Gasteiger partial charge on any atom is 0.357 e. The van der Waals surface area contributed by atoms with Crippen LogP contribution in [0.2, 0.25) is 0 Å². The van der Waals surface area contributed by atoms with E-state index in [-0.39, 0.29) is 11.5 Å². The summed E-state index contributed by atoms with van der Waals surface area (Å²) in [5.41, 5.74) is 3.98. The normalized spacial score (nSPS) is 37.2. The number of anilines is 1. The van der Waals surface area contributed by atoms with Crippen molar-refractivity contribution in [1.29, 1.82) is 0 Å². The summed E-state index contributed by atoms with van der Waals surface area (Å²) < 4.78 is 33.2. The summed E-state index contributed by atoms with van der Waals surface area (Å²) in [6.45, 7) is 6.48. The number of hydrogen-bond donors (Lipinski definition) is 3. The molecule has 0 heterocycles. The van der Waals surface area contributed by atoms with Crippen LogP contribution in [0, 0.1) is 17.3 Å². The average molecular weight is 363 g/mol. The molecule has 0 radical (unpaired) electrons. The zero-order chi connectivity index (χ0) is 18.0. The molecular weight excluding hydrogens is 338 g/mol. The summed E-state index contributed by atoms with van der Waals surface area (Å²) >= 11 is 0. The Hall–Kier alpha value is -1.37. The van der Waals surface area contributed by atoms with Crippen molar-refractivity contribution in [3.8, 4) is 0 Å². The number of nitrogens with one attached hydrogen (secondary N) is 1. The van der Waals surface area contributed by atoms with Crippen molar-refractivity contribution < 1.29 is 18.1 Å². The second-order valence-corrected chi connectivity index (χ2v) is 9.35. The zero-order valence-corrected chi connectivity index (χ0v) is 15.2. The van der Waals surface area contributed by atoms with E-state index in [9.17, 15) is 13.5 Å². The predicted molar refractivity (Wildman–Crippen MR) is 96.8 cm³/mol. The number of aliphatic hydroxyl groups excluding tert-OH is 1. The summed E-state index contributed by atoms with van der Waals surface area (Å²) in [6.07, 6.45) is 4.37. The first-order valence-corrected chi connectivity index (χ1v) is 10.4. The molecule has 1 aromatic rings. The van der Waals surface area contributed by atoms with Crippen LogP contribution in [0.3, 0.4) is 0 Å². The van der Waals surface area contributed by atoms with Crippen LogP contribution in [-0.2, 0) is 16.7 Å². The van der Waals surface area contributed by atoms with Gasteiger partial charge in [0.25, 0.3) is 0 Å². The Bertz CT molecular complexity index is 834. The number of aliphatic hydroxyl groups is 1. The molecule has 136 valence electrons. The highest BCUT2D eigenvalue weighted by atomic mass is 32.2. The molecule has 1 aromatic carbocycles. The molecule has 2 saturated carbocycles. The largest absolute Gasteiger partial charge is 0.392 e. The van der Waals surface area contributed by atoms with Crippen molar-refractivity contribution in [3.05, 3.63) is 41.5 Å². The molecule has 5 nitrogen and oxygen atoms in total. The molecule has 0 aromatic heterocycles. The van der Waals surface area contributed by atoms with E-state index in [0.29, 0.717) is 29.9 Å². The Morgan fingerprint density at radius 1 is 1.32 bits per heavy atom. The van der Waals surface area contributed by atoms with Gasteiger partial charge in [-0.05, 0) is 73.1 Å². The average Bonchev–Trinajstić information content (AvgIpc) is 2.75. The van der Waals surface area contributed by atoms with Crippen LogP contribution >= 0.6 is 0 Å². The maximum atomic E-state index is 11.0. The lowest BCUT2D eigenvalue weighted by atomic mass is 9.55. The molecule has 2 unspecified atom stereocenters. The fraction of sp³-hybridized carbons (Fsp3) is 0.579. The van der Waals surface area contributed by atoms with Gasteiger partial charge in [-0.2, -0.15) is 8.42 Å². The fourth-order valence-electron chi connectivity index (χ4n) is 5.78. The Morgan fingerprint density at radius 3 is 2.80 bits per heavy atom. The van der Waals surface area contributed by atoms with Gasteiger partial charge in [0.05, 0.1) is 11.8 Å². The van der Waals surface area contributed by atoms with Crippen LogP contribution < -0.4 is 4.72 Å². The topological polar surface area (TPSA) is 86.6 Å². The molecule has 0 saturated heterocycles. The van der Waals surface area contributed by atoms with Crippen molar-refractivity contribution in [3.63, 3.8) is 0 Å². The zero-order valence-electron chi connectivity index (χ0n) is 14.4. The second kappa shape index (κ2) is 5.56. The van der Waals surface area contributed by atoms with Crippen LogP contribution in [0.25, 0.3) is 0 Å². The molecule has 6 heteroatoms. The van der Waals surface area contributed by atoms with Gasteiger partial charge < -0.3 is 5.11 Å². The van der Waals surface area contributed by atoms with E-state index in [4.69, 9.17) is 4.55 Å². The molecule has 3 aliphatic rings. The minimum absolute atomic E-state index is 0.0534. The molecule has 0 spiro atoms. The first-order valence-electron chi connectivity index (χ1n) is 8.93. The van der Waals surface area contributed by atoms with E-state index in [1.54, 1.807) is 6.07 Å². The molecule has 0 aliphatic heterocycles. The van der Waals surface area contributed by atoms with Gasteiger partial charge in [-0.3, -0.25) is 9.27 Å². The summed E-state index contributed by atoms with van der Waals surface area (Å²) in [5.74, 6) is 1.30. The molecule has 25 heavy (non-hydrogen) atoms. The fourth-order valence-corrected chi connectivity index (χ4v) is 6.21. The SMILES string of the molecule is C=C1C[C@@H](O)[C@@]2(C)CCC3c4ccc(NS(=O)(=O)O)cc4CCC3[C@H]12. The van der Waals surface area contributed by atoms with E-state index < -0.39 is 10.3 Å². The minimum atomic E-state index is -4.25. The van der Waals surface area contributed by atoms with Crippen molar-refractivity contribution >= 4 is 16.0 Å². The number of hydrogen-bond acceptors (Lipinski definition) is 3. The molecule has 0 bridgehead atoms. The van der Waals surface area contributed by atoms with Crippen LogP contribution in [-0.4, -0.2) is 24.2 Å². The summed E-state index contributed by atoms with van der Waals surface area (Å²) in [6, 6.07) is 5.56. The van der Waals surface area contributed by atoms with E-state index in [1.807, 2.05) is 12.1 Å². The van der Waals surface area contributed by atoms with Gasteiger partial charge in [-0.25, -0.2) is 0 Å². The van der Waals surface area contributed by atoms with Crippen molar-refractivity contribution in [2.45, 2.75) is 51.0 Å². The smallest absolute Gasteiger partial charge is 0.357 e. The maximum absolute atomic E-state index is 11.0. The van der Waals surface area contributed by atoms with Crippen LogP contribution in [0.4, 0.5) is 5.69 Å². The Balaban J connectivity index is 1.67. The highest BCUT2D eigenvalue weighted by Gasteiger charge is 2.56. The molecular formula is C19H25NO4S. The van der Waals surface area contributed by atoms with Gasteiger partial charge in [0, 0.05) is 5.41 Å². The molecule has 3 aliphatic carbocycles. The molecule has 5 atom stereocenters. The highest BCUT2D eigenvalue weighted by Crippen LogP contribution is 2.62. The third-order valence-corrected chi connectivity index (χ3v) is 7.34. The van der Waals surface area contributed by atoms with Gasteiger partial charge in [-0.1, -0.05) is 25.1 Å². The second-order valence-electron chi connectivity index (χ2n) is 8.20. The van der Waals surface area contributed by atoms with E-state index in [0.717, 1.165) is 31.2 Å². The quantitative estimate of drug-likeness (QED) is 0.556. The minimum Gasteiger partial charge on any atom is -0.392 e. The molecule has 0 amide bonds. The van der Waals surface area contributed by atoms with Crippen molar-refractivity contribution in [1.82, 2.24) is 0 Å². The summed E-state index contributed by atoms with van der Waals surface area (Å²) in [7, 11) is -4.25. The summed E-state index contributed by atoms with van der Waals surface area (Å²) in [5, 5.41) is 10.5. The Kier molecular flexibility index (Phi) is 3.80. The van der Waals surface area contributed by atoms with E-state index >= 15 is 0 Å². The van der Waals surface area contributed by atoms with Crippen LogP contribution in [0.1, 0.15) is 49.7 Å². The lowest BCUT2D eigenvalue weighted by molar-refractivity contribution is -0.0178. The van der Waals surface area contributed by atoms with Gasteiger partial charge in [0.2, 0.25) is 0 Å². The third kappa shape index (κ3) is 2.71. The monoisotopic (exact) mass is 363 g/mol. The van der Waals surface area contributed by atoms with E-state index in [2.05, 4.69) is 18.2 Å². The summed E-state index contributed by atoms with van der Waals surface area (Å²) in [4.78, 5) is 0. The Morgan fingerprint density at radius 2 is 2.08 bits per heavy atom. The van der Waals surface area contributed by atoms with Gasteiger partial charge in [0.15, 0.2) is 0 Å². The standard InChI is InChI=1S/C19H25NO4S/c1-11-9-17(21)19(2)8-7-15-14-6-4-13(20-25(22,23)24)10-12(14)3-5-16(15)18(11)19/h4,6,10,15-18,20-21H,1,3,5,7-9H2,2H3,(H,22,23,24)/t15?,16?,17-,18+,19-/m1/s1. The molecule has 3 N–H and O–H groups in total. The highest BCUT2D eigenvalue weighted by molar-refractivity contribution is 7.87. The van der Waals surface area contributed by atoms with Gasteiger partial charge in [0.1, 0.15) is 0 Å². The Labute approximate surface area is 149 Å². The van der Waals surface area contributed by atoms with E-state index in [1.165, 1.54) is 11.1 Å². The van der Waals surface area contributed by atoms with Crippen molar-refractivity contribution in [2.75, 3.05) is 4.72 Å². The van der Waals surface area contributed by atoms with Gasteiger partial charge >= 0.3 is 10.3 Å². The first-order chi connectivity index (χ1) is 11.7. The van der Waals surface area contributed by atoms with Crippen LogP contribution in [0.15, 0.2) is 30.4 Å². The molecule has 2 fully saturated rings. The van der Waals surface area contributed by atoms with Crippen molar-refractivity contribution in [2.24, 2.45) is 17.3 Å². The number of benzene rings is 1. The van der Waals surface area contributed by atoms with Crippen LogP contribution in [0.5, 0.6) is 0 Å². The molecule has 4 rings (SSSR count).